The van der Waals surface area contributed by atoms with Gasteiger partial charge >= 0.3 is 0 Å². The number of aromatic nitrogens is 4. The lowest BCUT2D eigenvalue weighted by molar-refractivity contribution is -0.117. The Bertz CT molecular complexity index is 1180. The van der Waals surface area contributed by atoms with Gasteiger partial charge in [-0.2, -0.15) is 4.98 Å². The van der Waals surface area contributed by atoms with E-state index in [-0.39, 0.29) is 29.5 Å². The zero-order chi connectivity index (χ0) is 22.7. The number of benzene rings is 1. The van der Waals surface area contributed by atoms with Crippen LogP contribution in [-0.2, 0) is 4.79 Å². The van der Waals surface area contributed by atoms with E-state index in [1.165, 1.54) is 6.08 Å². The number of nitrogens with zero attached hydrogens (tertiary/aromatic N) is 5. The Morgan fingerprint density at radius 3 is 2.91 bits per heavy atom. The first-order valence-electron chi connectivity index (χ1n) is 10.3. The van der Waals surface area contributed by atoms with Crippen molar-refractivity contribution in [1.29, 1.82) is 0 Å². The third kappa shape index (κ3) is 4.34. The minimum atomic E-state index is -0.732. The van der Waals surface area contributed by atoms with Gasteiger partial charge in [0.2, 0.25) is 11.9 Å². The van der Waals surface area contributed by atoms with Gasteiger partial charge in [-0.1, -0.05) is 12.6 Å². The highest BCUT2D eigenvalue weighted by molar-refractivity contribution is 5.96. The van der Waals surface area contributed by atoms with Crippen molar-refractivity contribution in [3.63, 3.8) is 0 Å². The highest BCUT2D eigenvalue weighted by Gasteiger charge is 2.31. The highest BCUT2D eigenvalue weighted by Crippen LogP contribution is 2.26. The number of carbonyl (C=O) groups excluding carboxylic acids is 2. The number of hydrogen-bond donors (Lipinski definition) is 3. The largest absolute Gasteiger partial charge is 0.364 e. The minimum Gasteiger partial charge on any atom is -0.364 e. The number of anilines is 3. The third-order valence-electron chi connectivity index (χ3n) is 5.53. The van der Waals surface area contributed by atoms with E-state index >= 15 is 0 Å². The van der Waals surface area contributed by atoms with Crippen molar-refractivity contribution in [1.82, 2.24) is 25.5 Å². The maximum absolute atomic E-state index is 11.9. The number of piperidine rings is 1. The molecule has 10 heteroatoms. The molecule has 2 amide bonds. The molecule has 0 aliphatic carbocycles. The molecule has 2 aromatic heterocycles. The second-order valence-electron chi connectivity index (χ2n) is 7.60. The molecule has 3 aromatic rings. The Labute approximate surface area is 184 Å². The van der Waals surface area contributed by atoms with Crippen LogP contribution in [0.4, 0.5) is 17.5 Å². The molecule has 1 saturated heterocycles. The molecule has 0 saturated carbocycles. The van der Waals surface area contributed by atoms with Crippen molar-refractivity contribution in [2.45, 2.75) is 31.8 Å². The first kappa shape index (κ1) is 21.2. The lowest BCUT2D eigenvalue weighted by Gasteiger charge is -2.39. The molecule has 10 nitrogen and oxygen atoms in total. The van der Waals surface area contributed by atoms with Crippen molar-refractivity contribution in [2.24, 2.45) is 5.73 Å². The molecular weight excluding hydrogens is 408 g/mol. The number of primary amides is 1. The summed E-state index contributed by atoms with van der Waals surface area (Å²) in [5.41, 5.74) is 7.01. The Hall–Kier alpha value is -4.08. The van der Waals surface area contributed by atoms with Crippen LogP contribution < -0.4 is 21.3 Å². The van der Waals surface area contributed by atoms with Gasteiger partial charge in [0.15, 0.2) is 11.5 Å². The molecule has 1 fully saturated rings. The Morgan fingerprint density at radius 1 is 1.28 bits per heavy atom. The van der Waals surface area contributed by atoms with Gasteiger partial charge in [-0.25, -0.2) is 0 Å². The van der Waals surface area contributed by atoms with Gasteiger partial charge in [0.25, 0.3) is 5.91 Å². The molecule has 0 spiro atoms. The monoisotopic (exact) mass is 432 g/mol. The number of rotatable bonds is 6. The topological polar surface area (TPSA) is 139 Å². The zero-order valence-electron chi connectivity index (χ0n) is 17.7. The summed E-state index contributed by atoms with van der Waals surface area (Å²) in [6.07, 6.45) is 4.66. The quantitative estimate of drug-likeness (QED) is 0.502. The number of fused-ring (bicyclic) bond motifs is 1. The van der Waals surface area contributed by atoms with Crippen molar-refractivity contribution in [2.75, 3.05) is 16.8 Å². The molecule has 164 valence electrons. The molecule has 0 radical (unpaired) electrons. The van der Waals surface area contributed by atoms with Crippen LogP contribution in [0, 0.1) is 0 Å². The van der Waals surface area contributed by atoms with Crippen LogP contribution >= 0.6 is 0 Å². The summed E-state index contributed by atoms with van der Waals surface area (Å²) >= 11 is 0. The summed E-state index contributed by atoms with van der Waals surface area (Å²) < 4.78 is 0. The van der Waals surface area contributed by atoms with E-state index in [9.17, 15) is 9.59 Å². The van der Waals surface area contributed by atoms with Crippen LogP contribution in [0.3, 0.4) is 0 Å². The van der Waals surface area contributed by atoms with Crippen LogP contribution in [-0.4, -0.2) is 50.6 Å². The van der Waals surface area contributed by atoms with Crippen molar-refractivity contribution in [3.8, 4) is 0 Å². The van der Waals surface area contributed by atoms with Gasteiger partial charge in [-0.05, 0) is 50.1 Å². The Morgan fingerprint density at radius 2 is 2.12 bits per heavy atom. The fourth-order valence-electron chi connectivity index (χ4n) is 3.84. The van der Waals surface area contributed by atoms with Crippen molar-refractivity contribution < 1.29 is 9.59 Å². The Balaban J connectivity index is 1.64. The van der Waals surface area contributed by atoms with E-state index in [1.807, 2.05) is 42.2 Å². The summed E-state index contributed by atoms with van der Waals surface area (Å²) in [5.74, 6) is -0.385. The molecule has 4 N–H and O–H groups in total. The van der Waals surface area contributed by atoms with E-state index < -0.39 is 5.91 Å². The first-order valence-corrected chi connectivity index (χ1v) is 10.3. The molecule has 1 aromatic carbocycles. The maximum Gasteiger partial charge on any atom is 0.273 e. The maximum atomic E-state index is 11.9. The SMILES string of the molecule is C=CC(=O)N[C@@H]1CCCN(c2nnc(C(N)=O)c(Nc3ccc4ncccc4c3)n2)[C@@H]1C. The summed E-state index contributed by atoms with van der Waals surface area (Å²) in [6, 6.07) is 9.25. The predicted octanol–water partition coefficient (Wildman–Crippen LogP) is 1.92. The smallest absolute Gasteiger partial charge is 0.273 e. The normalized spacial score (nSPS) is 18.2. The lowest BCUT2D eigenvalue weighted by atomic mass is 9.97. The fourth-order valence-corrected chi connectivity index (χ4v) is 3.84. The van der Waals surface area contributed by atoms with Crippen LogP contribution in [0.15, 0.2) is 49.2 Å². The molecule has 4 rings (SSSR count). The number of amides is 2. The summed E-state index contributed by atoms with van der Waals surface area (Å²) in [7, 11) is 0. The van der Waals surface area contributed by atoms with Gasteiger partial charge < -0.3 is 21.3 Å². The average Bonchev–Trinajstić information content (AvgIpc) is 2.80. The molecule has 1 aliphatic heterocycles. The van der Waals surface area contributed by atoms with Crippen LogP contribution in [0.2, 0.25) is 0 Å². The highest BCUT2D eigenvalue weighted by atomic mass is 16.2. The number of hydrogen-bond acceptors (Lipinski definition) is 8. The Kier molecular flexibility index (Phi) is 5.93. The van der Waals surface area contributed by atoms with E-state index in [1.54, 1.807) is 6.20 Å². The molecule has 0 bridgehead atoms. The van der Waals surface area contributed by atoms with Crippen LogP contribution in [0.5, 0.6) is 0 Å². The van der Waals surface area contributed by atoms with E-state index in [2.05, 4.69) is 37.4 Å². The number of nitrogens with two attached hydrogens (primary N) is 1. The van der Waals surface area contributed by atoms with Gasteiger partial charge in [0.05, 0.1) is 5.52 Å². The second-order valence-corrected chi connectivity index (χ2v) is 7.60. The van der Waals surface area contributed by atoms with E-state index in [4.69, 9.17) is 5.73 Å². The lowest BCUT2D eigenvalue weighted by Crippen LogP contribution is -2.54. The van der Waals surface area contributed by atoms with E-state index in [0.29, 0.717) is 18.2 Å². The standard InChI is InChI=1S/C22H24N8O2/c1-3-18(31)26-16-7-5-11-30(13(16)2)22-27-21(19(20(23)32)28-29-22)25-15-8-9-17-14(12-15)6-4-10-24-17/h3-4,6,8-10,12-13,16H,1,5,7,11H2,2H3,(H2,23,32)(H,26,31)(H,25,27,29)/t13-,16-/m1/s1. The summed E-state index contributed by atoms with van der Waals surface area (Å²) in [6.45, 7) is 6.19. The molecule has 0 unspecified atom stereocenters. The van der Waals surface area contributed by atoms with Gasteiger partial charge in [-0.15, -0.1) is 10.2 Å². The van der Waals surface area contributed by atoms with Gasteiger partial charge in [0.1, 0.15) is 0 Å². The average molecular weight is 432 g/mol. The van der Waals surface area contributed by atoms with E-state index in [0.717, 1.165) is 23.7 Å². The van der Waals surface area contributed by atoms with Gasteiger partial charge in [0, 0.05) is 35.9 Å². The first-order chi connectivity index (χ1) is 15.5. The van der Waals surface area contributed by atoms with Crippen molar-refractivity contribution >= 4 is 40.2 Å². The minimum absolute atomic E-state index is 0.0544. The zero-order valence-corrected chi connectivity index (χ0v) is 17.7. The van der Waals surface area contributed by atoms with Crippen LogP contribution in [0.25, 0.3) is 10.9 Å². The molecular formula is C22H24N8O2. The number of pyridine rings is 1. The molecule has 32 heavy (non-hydrogen) atoms. The molecule has 2 atom stereocenters. The molecule has 3 heterocycles. The third-order valence-corrected chi connectivity index (χ3v) is 5.53. The van der Waals surface area contributed by atoms with Crippen molar-refractivity contribution in [3.05, 3.63) is 54.9 Å². The van der Waals surface area contributed by atoms with Crippen LogP contribution in [0.1, 0.15) is 30.3 Å². The number of carbonyl (C=O) groups is 2. The summed E-state index contributed by atoms with van der Waals surface area (Å²) in [5, 5.41) is 15.2. The fraction of sp³-hybridized carbons (Fsp3) is 0.273. The predicted molar refractivity (Wildman–Crippen MR) is 122 cm³/mol. The summed E-state index contributed by atoms with van der Waals surface area (Å²) in [4.78, 5) is 34.6. The second kappa shape index (κ2) is 8.96. The number of nitrogens with one attached hydrogen (secondary N) is 2. The van der Waals surface area contributed by atoms with Gasteiger partial charge in [-0.3, -0.25) is 14.6 Å². The molecule has 1 aliphatic rings.